The Kier molecular flexibility index (Phi) is 6.14. The second kappa shape index (κ2) is 8.31. The van der Waals surface area contributed by atoms with Gasteiger partial charge in [0.05, 0.1) is 12.1 Å². The van der Waals surface area contributed by atoms with Crippen LogP contribution in [0.2, 0.25) is 0 Å². The fraction of sp³-hybridized carbons (Fsp3) is 0.471. The van der Waals surface area contributed by atoms with E-state index in [1.54, 1.807) is 12.1 Å². The standard InChI is InChI=1S/C17H22N2O4/c20-15(9-12-5-2-1-3-6-12)18-11-16(21)19-14-8-4-7-13(10-14)17(22)23/h4,7-8,10,12H,1-3,5-6,9,11H2,(H,18,20)(H,19,21)(H,22,23). The van der Waals surface area contributed by atoms with E-state index >= 15 is 0 Å². The number of hydrogen-bond acceptors (Lipinski definition) is 3. The molecule has 0 bridgehead atoms. The number of aromatic carboxylic acids is 1. The minimum Gasteiger partial charge on any atom is -0.478 e. The van der Waals surface area contributed by atoms with Gasteiger partial charge >= 0.3 is 5.97 Å². The molecule has 0 heterocycles. The zero-order valence-corrected chi connectivity index (χ0v) is 13.0. The van der Waals surface area contributed by atoms with Gasteiger partial charge in [0.1, 0.15) is 0 Å². The van der Waals surface area contributed by atoms with E-state index in [1.165, 1.54) is 31.4 Å². The average Bonchev–Trinajstić information content (AvgIpc) is 2.54. The second-order valence-corrected chi connectivity index (χ2v) is 5.92. The van der Waals surface area contributed by atoms with Crippen molar-refractivity contribution in [3.63, 3.8) is 0 Å². The summed E-state index contributed by atoms with van der Waals surface area (Å²) in [6, 6.07) is 5.99. The van der Waals surface area contributed by atoms with Gasteiger partial charge in [0, 0.05) is 12.1 Å². The lowest BCUT2D eigenvalue weighted by molar-refractivity contribution is -0.125. The van der Waals surface area contributed by atoms with Gasteiger partial charge in [-0.15, -0.1) is 0 Å². The normalized spacial score (nSPS) is 15.0. The largest absolute Gasteiger partial charge is 0.478 e. The van der Waals surface area contributed by atoms with Crippen LogP contribution in [0.1, 0.15) is 48.9 Å². The van der Waals surface area contributed by atoms with Crippen LogP contribution in [-0.4, -0.2) is 29.4 Å². The molecule has 2 amide bonds. The summed E-state index contributed by atoms with van der Waals surface area (Å²) in [6.45, 7) is -0.108. The summed E-state index contributed by atoms with van der Waals surface area (Å²) in [7, 11) is 0. The van der Waals surface area contributed by atoms with Crippen molar-refractivity contribution >= 4 is 23.5 Å². The molecule has 0 atom stereocenters. The van der Waals surface area contributed by atoms with Gasteiger partial charge in [-0.05, 0) is 37.0 Å². The van der Waals surface area contributed by atoms with Crippen molar-refractivity contribution in [2.75, 3.05) is 11.9 Å². The quantitative estimate of drug-likeness (QED) is 0.750. The van der Waals surface area contributed by atoms with Crippen molar-refractivity contribution in [2.45, 2.75) is 38.5 Å². The van der Waals surface area contributed by atoms with E-state index < -0.39 is 5.97 Å². The number of nitrogens with one attached hydrogen (secondary N) is 2. The number of benzene rings is 1. The van der Waals surface area contributed by atoms with Crippen LogP contribution in [0.15, 0.2) is 24.3 Å². The third kappa shape index (κ3) is 5.73. The van der Waals surface area contributed by atoms with Crippen LogP contribution < -0.4 is 10.6 Å². The SMILES string of the molecule is O=C(CC1CCCCC1)NCC(=O)Nc1cccc(C(=O)O)c1. The van der Waals surface area contributed by atoms with E-state index in [2.05, 4.69) is 10.6 Å². The maximum Gasteiger partial charge on any atom is 0.335 e. The zero-order chi connectivity index (χ0) is 16.7. The summed E-state index contributed by atoms with van der Waals surface area (Å²) in [6.07, 6.45) is 6.25. The van der Waals surface area contributed by atoms with Gasteiger partial charge in [-0.2, -0.15) is 0 Å². The summed E-state index contributed by atoms with van der Waals surface area (Å²) < 4.78 is 0. The number of amides is 2. The molecule has 23 heavy (non-hydrogen) atoms. The van der Waals surface area contributed by atoms with E-state index in [0.717, 1.165) is 12.8 Å². The van der Waals surface area contributed by atoms with Crippen molar-refractivity contribution < 1.29 is 19.5 Å². The number of carboxylic acid groups (broad SMARTS) is 1. The van der Waals surface area contributed by atoms with Crippen LogP contribution in [0, 0.1) is 5.92 Å². The molecule has 3 N–H and O–H groups in total. The van der Waals surface area contributed by atoms with E-state index in [-0.39, 0.29) is 23.9 Å². The lowest BCUT2D eigenvalue weighted by Crippen LogP contribution is -2.34. The minimum atomic E-state index is -1.05. The summed E-state index contributed by atoms with van der Waals surface area (Å²) in [5.74, 6) is -1.10. The first-order valence-corrected chi connectivity index (χ1v) is 7.94. The van der Waals surface area contributed by atoms with Gasteiger partial charge in [0.2, 0.25) is 11.8 Å². The average molecular weight is 318 g/mol. The minimum absolute atomic E-state index is 0.101. The fourth-order valence-electron chi connectivity index (χ4n) is 2.84. The van der Waals surface area contributed by atoms with E-state index in [9.17, 15) is 14.4 Å². The molecule has 1 aromatic carbocycles. The van der Waals surface area contributed by atoms with Gasteiger partial charge < -0.3 is 15.7 Å². The van der Waals surface area contributed by atoms with Crippen LogP contribution >= 0.6 is 0 Å². The highest BCUT2D eigenvalue weighted by atomic mass is 16.4. The summed E-state index contributed by atoms with van der Waals surface area (Å²) in [5, 5.41) is 14.1. The molecule has 0 radical (unpaired) electrons. The Balaban J connectivity index is 1.75. The smallest absolute Gasteiger partial charge is 0.335 e. The van der Waals surface area contributed by atoms with Gasteiger partial charge in [0.15, 0.2) is 0 Å². The summed E-state index contributed by atoms with van der Waals surface area (Å²) in [4.78, 5) is 34.5. The lowest BCUT2D eigenvalue weighted by Gasteiger charge is -2.20. The Bertz CT molecular complexity index is 580. The van der Waals surface area contributed by atoms with E-state index in [0.29, 0.717) is 18.0 Å². The van der Waals surface area contributed by atoms with Gasteiger partial charge in [0.25, 0.3) is 0 Å². The number of rotatable bonds is 6. The molecule has 1 saturated carbocycles. The van der Waals surface area contributed by atoms with Crippen LogP contribution in [0.25, 0.3) is 0 Å². The predicted octanol–water partition coefficient (Wildman–Crippen LogP) is 2.41. The Morgan fingerprint density at radius 1 is 1.09 bits per heavy atom. The van der Waals surface area contributed by atoms with Crippen molar-refractivity contribution in [3.05, 3.63) is 29.8 Å². The number of anilines is 1. The predicted molar refractivity (Wildman–Crippen MR) is 86.2 cm³/mol. The Labute approximate surface area is 135 Å². The fourth-order valence-corrected chi connectivity index (χ4v) is 2.84. The summed E-state index contributed by atoms with van der Waals surface area (Å²) in [5.41, 5.74) is 0.501. The van der Waals surface area contributed by atoms with Crippen molar-refractivity contribution in [1.29, 1.82) is 0 Å². The zero-order valence-electron chi connectivity index (χ0n) is 13.0. The third-order valence-corrected chi connectivity index (χ3v) is 4.04. The molecule has 1 fully saturated rings. The number of hydrogen-bond donors (Lipinski definition) is 3. The Hall–Kier alpha value is -2.37. The van der Waals surface area contributed by atoms with Gasteiger partial charge in [-0.3, -0.25) is 9.59 Å². The van der Waals surface area contributed by atoms with E-state index in [1.807, 2.05) is 0 Å². The highest BCUT2D eigenvalue weighted by Gasteiger charge is 2.17. The molecule has 6 heteroatoms. The molecule has 0 aromatic heterocycles. The maximum atomic E-state index is 11.8. The molecule has 1 aromatic rings. The lowest BCUT2D eigenvalue weighted by atomic mass is 9.87. The molecule has 124 valence electrons. The van der Waals surface area contributed by atoms with Crippen molar-refractivity contribution in [3.8, 4) is 0 Å². The van der Waals surface area contributed by atoms with Crippen molar-refractivity contribution in [1.82, 2.24) is 5.32 Å². The monoisotopic (exact) mass is 318 g/mol. The first kappa shape index (κ1) is 17.0. The highest BCUT2D eigenvalue weighted by Crippen LogP contribution is 2.25. The molecule has 1 aliphatic rings. The van der Waals surface area contributed by atoms with Crippen LogP contribution in [0.4, 0.5) is 5.69 Å². The van der Waals surface area contributed by atoms with Crippen LogP contribution in [0.3, 0.4) is 0 Å². The molecule has 0 saturated heterocycles. The Morgan fingerprint density at radius 3 is 2.52 bits per heavy atom. The van der Waals surface area contributed by atoms with E-state index in [4.69, 9.17) is 5.11 Å². The molecule has 0 spiro atoms. The molecule has 0 unspecified atom stereocenters. The topological polar surface area (TPSA) is 95.5 Å². The second-order valence-electron chi connectivity index (χ2n) is 5.92. The van der Waals surface area contributed by atoms with Gasteiger partial charge in [-0.1, -0.05) is 25.3 Å². The molecule has 6 nitrogen and oxygen atoms in total. The number of carboxylic acids is 1. The molecular formula is C17H22N2O4. The van der Waals surface area contributed by atoms with Crippen LogP contribution in [-0.2, 0) is 9.59 Å². The molecule has 0 aliphatic heterocycles. The van der Waals surface area contributed by atoms with Crippen molar-refractivity contribution in [2.24, 2.45) is 5.92 Å². The first-order valence-electron chi connectivity index (χ1n) is 7.94. The molecule has 1 aliphatic carbocycles. The molecule has 2 rings (SSSR count). The molecular weight excluding hydrogens is 296 g/mol. The number of carbonyl (C=O) groups excluding carboxylic acids is 2. The first-order chi connectivity index (χ1) is 11.0. The highest BCUT2D eigenvalue weighted by molar-refractivity contribution is 5.96. The van der Waals surface area contributed by atoms with Crippen LogP contribution in [0.5, 0.6) is 0 Å². The number of carbonyl (C=O) groups is 3. The summed E-state index contributed by atoms with van der Waals surface area (Å²) >= 11 is 0. The Morgan fingerprint density at radius 2 is 1.83 bits per heavy atom. The van der Waals surface area contributed by atoms with Gasteiger partial charge in [-0.25, -0.2) is 4.79 Å². The third-order valence-electron chi connectivity index (χ3n) is 4.04. The maximum absolute atomic E-state index is 11.8.